The van der Waals surface area contributed by atoms with Crippen molar-refractivity contribution in [3.63, 3.8) is 0 Å². The van der Waals surface area contributed by atoms with E-state index in [0.29, 0.717) is 12.1 Å². The van der Waals surface area contributed by atoms with E-state index in [0.717, 1.165) is 15.6 Å². The Morgan fingerprint density at radius 3 is 2.60 bits per heavy atom. The SMILES string of the molecule is C[C@H](NC(=O)Cc1cccc(N)c1)c1ccc(Br)cc1. The monoisotopic (exact) mass is 332 g/mol. The number of carbonyl (C=O) groups excluding carboxylic acids is 1. The first-order valence-corrected chi connectivity index (χ1v) is 7.23. The lowest BCUT2D eigenvalue weighted by Crippen LogP contribution is -2.28. The number of rotatable bonds is 4. The molecule has 0 aliphatic heterocycles. The van der Waals surface area contributed by atoms with E-state index in [9.17, 15) is 4.79 Å². The van der Waals surface area contributed by atoms with Gasteiger partial charge >= 0.3 is 0 Å². The minimum Gasteiger partial charge on any atom is -0.399 e. The maximum atomic E-state index is 12.0. The minimum absolute atomic E-state index is 0.00832. The molecule has 0 fully saturated rings. The van der Waals surface area contributed by atoms with Crippen LogP contribution in [0.25, 0.3) is 0 Å². The highest BCUT2D eigenvalue weighted by Crippen LogP contribution is 2.16. The van der Waals surface area contributed by atoms with E-state index >= 15 is 0 Å². The number of hydrogen-bond donors (Lipinski definition) is 2. The molecule has 0 aromatic heterocycles. The number of carbonyl (C=O) groups is 1. The molecule has 0 heterocycles. The number of halogens is 1. The molecule has 0 saturated carbocycles. The molecule has 0 unspecified atom stereocenters. The summed E-state index contributed by atoms with van der Waals surface area (Å²) < 4.78 is 1.03. The summed E-state index contributed by atoms with van der Waals surface area (Å²) in [6.45, 7) is 1.97. The van der Waals surface area contributed by atoms with Gasteiger partial charge in [-0.25, -0.2) is 0 Å². The van der Waals surface area contributed by atoms with E-state index in [2.05, 4.69) is 21.2 Å². The van der Waals surface area contributed by atoms with Crippen LogP contribution >= 0.6 is 15.9 Å². The molecule has 1 amide bonds. The van der Waals surface area contributed by atoms with Crippen LogP contribution < -0.4 is 11.1 Å². The number of nitrogen functional groups attached to an aromatic ring is 1. The molecule has 2 aromatic rings. The number of amides is 1. The van der Waals surface area contributed by atoms with E-state index in [4.69, 9.17) is 5.73 Å². The number of benzene rings is 2. The summed E-state index contributed by atoms with van der Waals surface area (Å²) in [5, 5.41) is 2.99. The highest BCUT2D eigenvalue weighted by Gasteiger charge is 2.10. The van der Waals surface area contributed by atoms with Crippen LogP contribution in [0.3, 0.4) is 0 Å². The summed E-state index contributed by atoms with van der Waals surface area (Å²) in [7, 11) is 0. The molecular formula is C16H17BrN2O. The molecule has 0 bridgehead atoms. The van der Waals surface area contributed by atoms with Crippen molar-refractivity contribution >= 4 is 27.5 Å². The Hall–Kier alpha value is -1.81. The van der Waals surface area contributed by atoms with Gasteiger partial charge in [0.15, 0.2) is 0 Å². The molecule has 20 heavy (non-hydrogen) atoms. The molecule has 2 aromatic carbocycles. The number of hydrogen-bond acceptors (Lipinski definition) is 2. The predicted molar refractivity (Wildman–Crippen MR) is 85.3 cm³/mol. The molecule has 3 N–H and O–H groups in total. The van der Waals surface area contributed by atoms with E-state index in [1.807, 2.05) is 55.5 Å². The first-order chi connectivity index (χ1) is 9.54. The summed E-state index contributed by atoms with van der Waals surface area (Å²) >= 11 is 3.40. The molecule has 0 aliphatic carbocycles. The Labute approximate surface area is 127 Å². The quantitative estimate of drug-likeness (QED) is 0.842. The molecular weight excluding hydrogens is 316 g/mol. The molecule has 0 radical (unpaired) electrons. The van der Waals surface area contributed by atoms with E-state index < -0.39 is 0 Å². The number of nitrogens with two attached hydrogens (primary N) is 1. The van der Waals surface area contributed by atoms with Gasteiger partial charge in [0.05, 0.1) is 12.5 Å². The fraction of sp³-hybridized carbons (Fsp3) is 0.188. The van der Waals surface area contributed by atoms with Crippen molar-refractivity contribution in [1.82, 2.24) is 5.32 Å². The summed E-state index contributed by atoms with van der Waals surface area (Å²) in [4.78, 5) is 12.0. The van der Waals surface area contributed by atoms with Gasteiger partial charge in [-0.3, -0.25) is 4.79 Å². The molecule has 1 atom stereocenters. The lowest BCUT2D eigenvalue weighted by molar-refractivity contribution is -0.121. The Kier molecular flexibility index (Phi) is 4.79. The van der Waals surface area contributed by atoms with Gasteiger partial charge < -0.3 is 11.1 Å². The average Bonchev–Trinajstić information content (AvgIpc) is 2.39. The third-order valence-corrected chi connectivity index (χ3v) is 3.59. The van der Waals surface area contributed by atoms with Gasteiger partial charge in [0.1, 0.15) is 0 Å². The summed E-state index contributed by atoms with van der Waals surface area (Å²) in [5.74, 6) is -0.00832. The average molecular weight is 333 g/mol. The Morgan fingerprint density at radius 1 is 1.25 bits per heavy atom. The van der Waals surface area contributed by atoms with Gasteiger partial charge in [-0.2, -0.15) is 0 Å². The van der Waals surface area contributed by atoms with Crippen LogP contribution in [0.4, 0.5) is 5.69 Å². The Bertz CT molecular complexity index is 596. The van der Waals surface area contributed by atoms with Crippen molar-refractivity contribution in [3.8, 4) is 0 Å². The maximum absolute atomic E-state index is 12.0. The first-order valence-electron chi connectivity index (χ1n) is 6.44. The maximum Gasteiger partial charge on any atom is 0.224 e. The smallest absolute Gasteiger partial charge is 0.224 e. The van der Waals surface area contributed by atoms with Crippen LogP contribution in [-0.2, 0) is 11.2 Å². The predicted octanol–water partition coefficient (Wildman–Crippen LogP) is 3.45. The fourth-order valence-corrected chi connectivity index (χ4v) is 2.28. The standard InChI is InChI=1S/C16H17BrN2O/c1-11(13-5-7-14(17)8-6-13)19-16(20)10-12-3-2-4-15(18)9-12/h2-9,11H,10,18H2,1H3,(H,19,20)/t11-/m0/s1. The van der Waals surface area contributed by atoms with Crippen molar-refractivity contribution < 1.29 is 4.79 Å². The molecule has 2 rings (SSSR count). The van der Waals surface area contributed by atoms with Gasteiger partial charge in [-0.05, 0) is 42.3 Å². The Morgan fingerprint density at radius 2 is 1.95 bits per heavy atom. The fourth-order valence-electron chi connectivity index (χ4n) is 2.02. The van der Waals surface area contributed by atoms with E-state index in [-0.39, 0.29) is 11.9 Å². The molecule has 3 nitrogen and oxygen atoms in total. The molecule has 0 aliphatic rings. The zero-order valence-corrected chi connectivity index (χ0v) is 12.9. The van der Waals surface area contributed by atoms with Gasteiger partial charge in [-0.1, -0.05) is 40.2 Å². The molecule has 4 heteroatoms. The van der Waals surface area contributed by atoms with Crippen molar-refractivity contribution in [3.05, 3.63) is 64.1 Å². The van der Waals surface area contributed by atoms with Crippen molar-refractivity contribution in [1.29, 1.82) is 0 Å². The lowest BCUT2D eigenvalue weighted by Gasteiger charge is -2.14. The van der Waals surface area contributed by atoms with Crippen LogP contribution in [0.15, 0.2) is 53.0 Å². The first kappa shape index (κ1) is 14.6. The second-order valence-corrected chi connectivity index (χ2v) is 5.68. The van der Waals surface area contributed by atoms with Crippen LogP contribution in [0.2, 0.25) is 0 Å². The zero-order chi connectivity index (χ0) is 14.5. The second-order valence-electron chi connectivity index (χ2n) is 4.76. The van der Waals surface area contributed by atoms with Crippen molar-refractivity contribution in [2.24, 2.45) is 0 Å². The van der Waals surface area contributed by atoms with Gasteiger partial charge in [0.2, 0.25) is 5.91 Å². The Balaban J connectivity index is 1.95. The van der Waals surface area contributed by atoms with Crippen LogP contribution in [0.1, 0.15) is 24.1 Å². The van der Waals surface area contributed by atoms with E-state index in [1.54, 1.807) is 0 Å². The molecule has 0 spiro atoms. The lowest BCUT2D eigenvalue weighted by atomic mass is 10.1. The van der Waals surface area contributed by atoms with Crippen molar-refractivity contribution in [2.75, 3.05) is 5.73 Å². The third-order valence-electron chi connectivity index (χ3n) is 3.06. The van der Waals surface area contributed by atoms with Crippen LogP contribution in [-0.4, -0.2) is 5.91 Å². The van der Waals surface area contributed by atoms with E-state index in [1.165, 1.54) is 0 Å². The number of anilines is 1. The largest absolute Gasteiger partial charge is 0.399 e. The highest BCUT2D eigenvalue weighted by atomic mass is 79.9. The van der Waals surface area contributed by atoms with Crippen molar-refractivity contribution in [2.45, 2.75) is 19.4 Å². The molecule has 104 valence electrons. The summed E-state index contributed by atoms with van der Waals surface area (Å²) in [6, 6.07) is 15.3. The highest BCUT2D eigenvalue weighted by molar-refractivity contribution is 9.10. The van der Waals surface area contributed by atoms with Gasteiger partial charge in [-0.15, -0.1) is 0 Å². The minimum atomic E-state index is -0.0170. The number of nitrogens with one attached hydrogen (secondary N) is 1. The zero-order valence-electron chi connectivity index (χ0n) is 11.3. The topological polar surface area (TPSA) is 55.1 Å². The van der Waals surface area contributed by atoms with Gasteiger partial charge in [0.25, 0.3) is 0 Å². The van der Waals surface area contributed by atoms with Crippen LogP contribution in [0.5, 0.6) is 0 Å². The summed E-state index contributed by atoms with van der Waals surface area (Å²) in [5.41, 5.74) is 8.38. The van der Waals surface area contributed by atoms with Crippen LogP contribution in [0, 0.1) is 0 Å². The van der Waals surface area contributed by atoms with Gasteiger partial charge in [0, 0.05) is 10.2 Å². The summed E-state index contributed by atoms with van der Waals surface area (Å²) in [6.07, 6.45) is 0.339. The third kappa shape index (κ3) is 4.10. The normalized spacial score (nSPS) is 11.9. The second kappa shape index (κ2) is 6.57. The molecule has 0 saturated heterocycles.